The number of nitrogens with zero attached hydrogens (tertiary/aromatic N) is 2. The highest BCUT2D eigenvalue weighted by atomic mass is 35.5. The minimum Gasteiger partial charge on any atom is -0.329 e. The molecule has 20 heavy (non-hydrogen) atoms. The Balaban J connectivity index is 2.19. The molecule has 1 aliphatic heterocycles. The molecule has 0 amide bonds. The minimum absolute atomic E-state index is 0.0741. The van der Waals surface area contributed by atoms with Crippen LogP contribution in [0.1, 0.15) is 24.9 Å². The molecule has 1 heterocycles. The third-order valence-electron chi connectivity index (χ3n) is 4.27. The van der Waals surface area contributed by atoms with Gasteiger partial charge in [0.15, 0.2) is 0 Å². The van der Waals surface area contributed by atoms with E-state index in [-0.39, 0.29) is 11.9 Å². The summed E-state index contributed by atoms with van der Waals surface area (Å²) in [6.07, 6.45) is 1.09. The van der Waals surface area contributed by atoms with Crippen molar-refractivity contribution in [3.63, 3.8) is 0 Å². The molecular formula is C15H23ClFN3. The first-order valence-electron chi connectivity index (χ1n) is 7.16. The van der Waals surface area contributed by atoms with E-state index in [0.717, 1.165) is 26.1 Å². The van der Waals surface area contributed by atoms with Crippen LogP contribution in [0.25, 0.3) is 0 Å². The van der Waals surface area contributed by atoms with E-state index >= 15 is 0 Å². The van der Waals surface area contributed by atoms with Crippen molar-refractivity contribution in [1.82, 2.24) is 9.80 Å². The lowest BCUT2D eigenvalue weighted by molar-refractivity contribution is 0.0633. The van der Waals surface area contributed by atoms with E-state index in [0.29, 0.717) is 23.2 Å². The van der Waals surface area contributed by atoms with Gasteiger partial charge in [0.25, 0.3) is 0 Å². The molecule has 5 heteroatoms. The largest absolute Gasteiger partial charge is 0.329 e. The van der Waals surface area contributed by atoms with Gasteiger partial charge in [-0.25, -0.2) is 4.39 Å². The second kappa shape index (κ2) is 6.85. The Morgan fingerprint density at radius 1 is 1.45 bits per heavy atom. The third-order valence-corrected chi connectivity index (χ3v) is 4.50. The van der Waals surface area contributed by atoms with E-state index in [4.69, 9.17) is 17.3 Å². The highest BCUT2D eigenvalue weighted by Gasteiger charge is 2.29. The van der Waals surface area contributed by atoms with E-state index in [1.807, 2.05) is 0 Å². The van der Waals surface area contributed by atoms with Crippen molar-refractivity contribution in [3.8, 4) is 0 Å². The Hall–Kier alpha value is -0.680. The molecule has 0 spiro atoms. The van der Waals surface area contributed by atoms with Crippen LogP contribution >= 0.6 is 11.6 Å². The van der Waals surface area contributed by atoms with Gasteiger partial charge in [0.2, 0.25) is 0 Å². The van der Waals surface area contributed by atoms with Gasteiger partial charge in [-0.05, 0) is 25.6 Å². The van der Waals surface area contributed by atoms with Crippen molar-refractivity contribution >= 4 is 11.6 Å². The summed E-state index contributed by atoms with van der Waals surface area (Å²) in [5, 5.41) is 0.423. The quantitative estimate of drug-likeness (QED) is 0.927. The van der Waals surface area contributed by atoms with Crippen molar-refractivity contribution in [1.29, 1.82) is 0 Å². The van der Waals surface area contributed by atoms with Crippen molar-refractivity contribution in [2.75, 3.05) is 33.2 Å². The van der Waals surface area contributed by atoms with Gasteiger partial charge in [-0.3, -0.25) is 4.90 Å². The fourth-order valence-electron chi connectivity index (χ4n) is 2.94. The van der Waals surface area contributed by atoms with Crippen LogP contribution in [0.2, 0.25) is 5.02 Å². The average Bonchev–Trinajstić information content (AvgIpc) is 2.43. The van der Waals surface area contributed by atoms with Crippen LogP contribution in [0.3, 0.4) is 0 Å². The zero-order valence-corrected chi connectivity index (χ0v) is 12.9. The summed E-state index contributed by atoms with van der Waals surface area (Å²) in [7, 11) is 2.14. The number of hydrogen-bond donors (Lipinski definition) is 1. The van der Waals surface area contributed by atoms with Crippen LogP contribution in [0.15, 0.2) is 18.2 Å². The molecule has 1 aromatic carbocycles. The van der Waals surface area contributed by atoms with Gasteiger partial charge < -0.3 is 10.6 Å². The highest BCUT2D eigenvalue weighted by molar-refractivity contribution is 6.30. The highest BCUT2D eigenvalue weighted by Crippen LogP contribution is 2.27. The molecule has 1 aromatic rings. The smallest absolute Gasteiger partial charge is 0.129 e. The summed E-state index contributed by atoms with van der Waals surface area (Å²) in [4.78, 5) is 4.66. The number of halogens is 2. The molecule has 0 bridgehead atoms. The predicted molar refractivity (Wildman–Crippen MR) is 81.5 cm³/mol. The van der Waals surface area contributed by atoms with Crippen molar-refractivity contribution in [2.45, 2.75) is 25.4 Å². The van der Waals surface area contributed by atoms with Gasteiger partial charge in [-0.1, -0.05) is 24.6 Å². The summed E-state index contributed by atoms with van der Waals surface area (Å²) in [5.74, 6) is -0.264. The number of hydrogen-bond acceptors (Lipinski definition) is 3. The van der Waals surface area contributed by atoms with E-state index in [2.05, 4.69) is 23.8 Å². The topological polar surface area (TPSA) is 32.5 Å². The number of likely N-dealkylation sites (N-methyl/N-ethyl adjacent to an activating group) is 1. The maximum atomic E-state index is 14.1. The minimum atomic E-state index is -0.264. The summed E-state index contributed by atoms with van der Waals surface area (Å²) in [5.41, 5.74) is 6.56. The van der Waals surface area contributed by atoms with Gasteiger partial charge in [-0.15, -0.1) is 0 Å². The molecular weight excluding hydrogens is 277 g/mol. The molecule has 1 saturated heterocycles. The summed E-state index contributed by atoms with van der Waals surface area (Å²) in [6.45, 7) is 5.43. The Morgan fingerprint density at radius 3 is 2.80 bits per heavy atom. The fraction of sp³-hybridized carbons (Fsp3) is 0.600. The lowest BCUT2D eigenvalue weighted by atomic mass is 10.0. The monoisotopic (exact) mass is 299 g/mol. The standard InChI is InChI=1S/C15H23ClFN3/c1-3-12-10-20(7-6-19(12)2)15(9-18)13-5-4-11(16)8-14(13)17/h4-5,8,12,15H,3,6-7,9-10,18H2,1-2H3. The average molecular weight is 300 g/mol. The molecule has 1 aliphatic rings. The molecule has 3 nitrogen and oxygen atoms in total. The molecule has 0 aliphatic carbocycles. The van der Waals surface area contributed by atoms with E-state index < -0.39 is 0 Å². The van der Waals surface area contributed by atoms with Gasteiger partial charge in [-0.2, -0.15) is 0 Å². The number of benzene rings is 1. The molecule has 2 N–H and O–H groups in total. The van der Waals surface area contributed by atoms with Crippen LogP contribution in [0.4, 0.5) is 4.39 Å². The van der Waals surface area contributed by atoms with Crippen LogP contribution in [-0.4, -0.2) is 49.1 Å². The first-order valence-corrected chi connectivity index (χ1v) is 7.54. The van der Waals surface area contributed by atoms with Crippen molar-refractivity contribution < 1.29 is 4.39 Å². The molecule has 2 rings (SSSR count). The number of rotatable bonds is 4. The lowest BCUT2D eigenvalue weighted by Gasteiger charge is -2.42. The molecule has 0 saturated carbocycles. The second-order valence-electron chi connectivity index (χ2n) is 5.45. The number of piperazine rings is 1. The summed E-state index contributed by atoms with van der Waals surface area (Å²) in [6, 6.07) is 5.29. The molecule has 1 fully saturated rings. The van der Waals surface area contributed by atoms with Crippen molar-refractivity contribution in [3.05, 3.63) is 34.6 Å². The number of nitrogens with two attached hydrogens (primary N) is 1. The van der Waals surface area contributed by atoms with Crippen LogP contribution < -0.4 is 5.73 Å². The predicted octanol–water partition coefficient (Wildman–Crippen LogP) is 2.50. The van der Waals surface area contributed by atoms with Gasteiger partial charge in [0, 0.05) is 42.8 Å². The zero-order valence-electron chi connectivity index (χ0n) is 12.1. The lowest BCUT2D eigenvalue weighted by Crippen LogP contribution is -2.53. The summed E-state index contributed by atoms with van der Waals surface area (Å²) < 4.78 is 14.1. The van der Waals surface area contributed by atoms with Gasteiger partial charge in [0.05, 0.1) is 6.04 Å². The van der Waals surface area contributed by atoms with Gasteiger partial charge >= 0.3 is 0 Å². The molecule has 0 aromatic heterocycles. The maximum absolute atomic E-state index is 14.1. The van der Waals surface area contributed by atoms with Crippen molar-refractivity contribution in [2.24, 2.45) is 5.73 Å². The van der Waals surface area contributed by atoms with Crippen LogP contribution in [0, 0.1) is 5.82 Å². The molecule has 2 atom stereocenters. The SMILES string of the molecule is CCC1CN(C(CN)c2ccc(Cl)cc2F)CCN1C. The molecule has 0 radical (unpaired) electrons. The third kappa shape index (κ3) is 3.31. The first-order chi connectivity index (χ1) is 9.56. The Bertz CT molecular complexity index is 455. The first kappa shape index (κ1) is 15.7. The van der Waals surface area contributed by atoms with E-state index in [1.54, 1.807) is 12.1 Å². The molecule has 2 unspecified atom stereocenters. The second-order valence-corrected chi connectivity index (χ2v) is 5.89. The maximum Gasteiger partial charge on any atom is 0.129 e. The normalized spacial score (nSPS) is 22.9. The van der Waals surface area contributed by atoms with E-state index in [1.165, 1.54) is 6.07 Å². The van der Waals surface area contributed by atoms with Gasteiger partial charge in [0.1, 0.15) is 5.82 Å². The van der Waals surface area contributed by atoms with E-state index in [9.17, 15) is 4.39 Å². The summed E-state index contributed by atoms with van der Waals surface area (Å²) >= 11 is 5.82. The Labute approximate surface area is 125 Å². The fourth-order valence-corrected chi connectivity index (χ4v) is 3.10. The Kier molecular flexibility index (Phi) is 5.38. The van der Waals surface area contributed by atoms with Crippen LogP contribution in [0.5, 0.6) is 0 Å². The Morgan fingerprint density at radius 2 is 2.20 bits per heavy atom. The molecule has 112 valence electrons. The van der Waals surface area contributed by atoms with Crippen LogP contribution in [-0.2, 0) is 0 Å². The zero-order chi connectivity index (χ0) is 14.7.